The fraction of sp³-hybridized carbons (Fsp3) is 0.192. The van der Waals surface area contributed by atoms with Crippen molar-refractivity contribution >= 4 is 16.8 Å². The fourth-order valence-electron chi connectivity index (χ4n) is 4.25. The third kappa shape index (κ3) is 3.74. The van der Waals surface area contributed by atoms with Gasteiger partial charge in [0.15, 0.2) is 0 Å². The van der Waals surface area contributed by atoms with Crippen molar-refractivity contribution < 1.29 is 9.53 Å². The van der Waals surface area contributed by atoms with Crippen LogP contribution in [0, 0.1) is 0 Å². The molecule has 4 aromatic rings. The molecular weight excluding hydrogens is 386 g/mol. The van der Waals surface area contributed by atoms with Gasteiger partial charge in [-0.15, -0.1) is 0 Å². The molecule has 0 saturated carbocycles. The Morgan fingerprint density at radius 2 is 1.68 bits per heavy atom. The number of aromatic nitrogens is 1. The Morgan fingerprint density at radius 3 is 2.45 bits per heavy atom. The van der Waals surface area contributed by atoms with Crippen LogP contribution in [0.25, 0.3) is 33.3 Å². The van der Waals surface area contributed by atoms with Gasteiger partial charge in [-0.2, -0.15) is 0 Å². The van der Waals surface area contributed by atoms with E-state index in [0.717, 1.165) is 33.3 Å². The van der Waals surface area contributed by atoms with Gasteiger partial charge in [0.1, 0.15) is 0 Å². The monoisotopic (exact) mass is 411 g/mol. The van der Waals surface area contributed by atoms with Crippen molar-refractivity contribution in [3.63, 3.8) is 0 Å². The second-order valence-electron chi connectivity index (χ2n) is 7.79. The SMILES string of the molecule is NCc1ccccc1-c1cccc2[nH]c(-c3ccc(C(=O)N4CCOCC4)cc3)cc12. The van der Waals surface area contributed by atoms with Gasteiger partial charge in [-0.3, -0.25) is 4.79 Å². The quantitative estimate of drug-likeness (QED) is 0.522. The summed E-state index contributed by atoms with van der Waals surface area (Å²) in [5, 5.41) is 1.16. The number of H-pyrrole nitrogens is 1. The zero-order valence-electron chi connectivity index (χ0n) is 17.3. The summed E-state index contributed by atoms with van der Waals surface area (Å²) >= 11 is 0. The summed E-state index contributed by atoms with van der Waals surface area (Å²) < 4.78 is 5.34. The maximum atomic E-state index is 12.7. The molecule has 5 nitrogen and oxygen atoms in total. The van der Waals surface area contributed by atoms with Gasteiger partial charge in [-0.05, 0) is 46.5 Å². The van der Waals surface area contributed by atoms with E-state index in [1.165, 1.54) is 5.56 Å². The molecule has 5 rings (SSSR count). The van der Waals surface area contributed by atoms with Crippen molar-refractivity contribution in [1.29, 1.82) is 0 Å². The minimum atomic E-state index is 0.0622. The summed E-state index contributed by atoms with van der Waals surface area (Å²) in [4.78, 5) is 18.1. The number of ether oxygens (including phenoxy) is 1. The molecule has 1 fully saturated rings. The number of benzene rings is 3. The average molecular weight is 412 g/mol. The molecule has 0 bridgehead atoms. The first kappa shape index (κ1) is 19.5. The summed E-state index contributed by atoms with van der Waals surface area (Å²) in [5.41, 5.74) is 13.3. The van der Waals surface area contributed by atoms with Crippen molar-refractivity contribution in [2.24, 2.45) is 5.73 Å². The van der Waals surface area contributed by atoms with Gasteiger partial charge < -0.3 is 20.4 Å². The number of nitrogens with one attached hydrogen (secondary N) is 1. The van der Waals surface area contributed by atoms with Crippen LogP contribution >= 0.6 is 0 Å². The van der Waals surface area contributed by atoms with Crippen molar-refractivity contribution in [2.75, 3.05) is 26.3 Å². The first-order valence-corrected chi connectivity index (χ1v) is 10.6. The third-order valence-electron chi connectivity index (χ3n) is 5.93. The first-order valence-electron chi connectivity index (χ1n) is 10.6. The predicted molar refractivity (Wildman–Crippen MR) is 124 cm³/mol. The van der Waals surface area contributed by atoms with Gasteiger partial charge in [-0.25, -0.2) is 0 Å². The van der Waals surface area contributed by atoms with E-state index in [0.29, 0.717) is 38.4 Å². The van der Waals surface area contributed by atoms with Crippen LogP contribution in [-0.4, -0.2) is 42.1 Å². The highest BCUT2D eigenvalue weighted by Gasteiger charge is 2.18. The van der Waals surface area contributed by atoms with E-state index in [4.69, 9.17) is 10.5 Å². The summed E-state index contributed by atoms with van der Waals surface area (Å²) in [6.45, 7) is 3.01. The van der Waals surface area contributed by atoms with Crippen LogP contribution in [0.2, 0.25) is 0 Å². The van der Waals surface area contributed by atoms with Crippen molar-refractivity contribution in [3.8, 4) is 22.4 Å². The maximum absolute atomic E-state index is 12.7. The van der Waals surface area contributed by atoms with Gasteiger partial charge >= 0.3 is 0 Å². The molecule has 1 amide bonds. The number of morpholine rings is 1. The summed E-state index contributed by atoms with van der Waals surface area (Å²) in [6.07, 6.45) is 0. The molecule has 0 aliphatic carbocycles. The molecular formula is C26H25N3O2. The fourth-order valence-corrected chi connectivity index (χ4v) is 4.25. The average Bonchev–Trinajstić information content (AvgIpc) is 3.29. The van der Waals surface area contributed by atoms with E-state index in [9.17, 15) is 4.79 Å². The molecule has 0 spiro atoms. The number of hydrogen-bond acceptors (Lipinski definition) is 3. The molecule has 1 saturated heterocycles. The Morgan fingerprint density at radius 1 is 0.935 bits per heavy atom. The number of carbonyl (C=O) groups is 1. The molecule has 0 atom stereocenters. The third-order valence-corrected chi connectivity index (χ3v) is 5.93. The van der Waals surface area contributed by atoms with Crippen molar-refractivity contribution in [1.82, 2.24) is 9.88 Å². The van der Waals surface area contributed by atoms with Gasteiger partial charge in [0.2, 0.25) is 0 Å². The molecule has 1 aliphatic rings. The highest BCUT2D eigenvalue weighted by atomic mass is 16.5. The number of amides is 1. The van der Waals surface area contributed by atoms with Crippen LogP contribution in [-0.2, 0) is 11.3 Å². The summed E-state index contributed by atoms with van der Waals surface area (Å²) in [5.74, 6) is 0.0622. The largest absolute Gasteiger partial charge is 0.378 e. The van der Waals surface area contributed by atoms with Crippen molar-refractivity contribution in [3.05, 3.63) is 83.9 Å². The number of carbonyl (C=O) groups excluding carboxylic acids is 1. The number of fused-ring (bicyclic) bond motifs is 1. The number of aromatic amines is 1. The Bertz CT molecular complexity index is 1220. The molecule has 1 aromatic heterocycles. The zero-order valence-corrected chi connectivity index (χ0v) is 17.3. The first-order chi connectivity index (χ1) is 15.2. The van der Waals surface area contributed by atoms with Gasteiger partial charge in [0.25, 0.3) is 5.91 Å². The molecule has 3 N–H and O–H groups in total. The lowest BCUT2D eigenvalue weighted by atomic mass is 9.96. The normalized spacial score (nSPS) is 14.2. The summed E-state index contributed by atoms with van der Waals surface area (Å²) in [6, 6.07) is 24.6. The van der Waals surface area contributed by atoms with E-state index < -0.39 is 0 Å². The van der Waals surface area contributed by atoms with Crippen LogP contribution in [0.3, 0.4) is 0 Å². The molecule has 156 valence electrons. The maximum Gasteiger partial charge on any atom is 0.254 e. The highest BCUT2D eigenvalue weighted by Crippen LogP contribution is 2.34. The topological polar surface area (TPSA) is 71.4 Å². The van der Waals surface area contributed by atoms with Crippen LogP contribution < -0.4 is 5.73 Å². The van der Waals surface area contributed by atoms with E-state index >= 15 is 0 Å². The zero-order chi connectivity index (χ0) is 21.2. The van der Waals surface area contributed by atoms with Gasteiger partial charge in [0.05, 0.1) is 13.2 Å². The number of nitrogens with two attached hydrogens (primary N) is 1. The Balaban J connectivity index is 1.48. The molecule has 1 aliphatic heterocycles. The Kier molecular flexibility index (Phi) is 5.28. The van der Waals surface area contributed by atoms with E-state index in [2.05, 4.69) is 41.4 Å². The standard InChI is InChI=1S/C26H25N3O2/c27-17-20-4-1-2-5-21(20)22-6-3-7-24-23(22)16-25(28-24)18-8-10-19(11-9-18)26(30)29-12-14-31-15-13-29/h1-11,16,28H,12-15,17,27H2. The molecule has 2 heterocycles. The molecule has 31 heavy (non-hydrogen) atoms. The van der Waals surface area contributed by atoms with E-state index in [1.807, 2.05) is 41.3 Å². The second kappa shape index (κ2) is 8.38. The smallest absolute Gasteiger partial charge is 0.254 e. The second-order valence-corrected chi connectivity index (χ2v) is 7.79. The van der Waals surface area contributed by atoms with Gasteiger partial charge in [-0.1, -0.05) is 48.5 Å². The summed E-state index contributed by atoms with van der Waals surface area (Å²) in [7, 11) is 0. The van der Waals surface area contributed by atoms with Crippen LogP contribution in [0.15, 0.2) is 72.8 Å². The highest BCUT2D eigenvalue weighted by molar-refractivity contribution is 5.99. The minimum Gasteiger partial charge on any atom is -0.378 e. The lowest BCUT2D eigenvalue weighted by Gasteiger charge is -2.26. The lowest BCUT2D eigenvalue weighted by molar-refractivity contribution is 0.0303. The molecule has 3 aromatic carbocycles. The number of hydrogen-bond donors (Lipinski definition) is 2. The van der Waals surface area contributed by atoms with Crippen LogP contribution in [0.4, 0.5) is 0 Å². The van der Waals surface area contributed by atoms with Crippen molar-refractivity contribution in [2.45, 2.75) is 6.54 Å². The lowest BCUT2D eigenvalue weighted by Crippen LogP contribution is -2.40. The van der Waals surface area contributed by atoms with Crippen LogP contribution in [0.5, 0.6) is 0 Å². The molecule has 5 heteroatoms. The Hall–Kier alpha value is -3.41. The minimum absolute atomic E-state index is 0.0622. The Labute approximate surface area is 181 Å². The molecule has 0 radical (unpaired) electrons. The van der Waals surface area contributed by atoms with Gasteiger partial charge in [0, 0.05) is 41.8 Å². The van der Waals surface area contributed by atoms with E-state index in [-0.39, 0.29) is 5.91 Å². The number of nitrogens with zero attached hydrogens (tertiary/aromatic N) is 1. The number of rotatable bonds is 4. The van der Waals surface area contributed by atoms with Crippen LogP contribution in [0.1, 0.15) is 15.9 Å². The molecule has 0 unspecified atom stereocenters. The predicted octanol–water partition coefficient (Wildman–Crippen LogP) is 4.43. The van der Waals surface area contributed by atoms with E-state index in [1.54, 1.807) is 0 Å².